The first-order valence-corrected chi connectivity index (χ1v) is 10.9. The third kappa shape index (κ3) is 3.93. The van der Waals surface area contributed by atoms with Crippen molar-refractivity contribution in [1.82, 2.24) is 0 Å². The van der Waals surface area contributed by atoms with Crippen LogP contribution in [0.4, 0.5) is 10.1 Å². The number of carbonyl (C=O) groups is 1. The lowest BCUT2D eigenvalue weighted by Gasteiger charge is -2.40. The molecule has 0 aliphatic carbocycles. The Balaban J connectivity index is 1.95. The number of anilines is 1. The molecule has 2 N–H and O–H groups in total. The maximum atomic E-state index is 14.0. The summed E-state index contributed by atoms with van der Waals surface area (Å²) in [6.45, 7) is 2.08. The molecule has 5 nitrogen and oxygen atoms in total. The average molecular weight is 500 g/mol. The normalized spacial score (nSPS) is 19.6. The van der Waals surface area contributed by atoms with Crippen molar-refractivity contribution in [3.8, 4) is 11.5 Å². The van der Waals surface area contributed by atoms with E-state index in [0.717, 1.165) is 16.7 Å². The summed E-state index contributed by atoms with van der Waals surface area (Å²) in [5.41, 5.74) is 3.26. The van der Waals surface area contributed by atoms with Gasteiger partial charge in [-0.15, -0.1) is 0 Å². The number of carboxylic acids is 1. The molecule has 0 amide bonds. The Labute approximate surface area is 194 Å². The van der Waals surface area contributed by atoms with Gasteiger partial charge in [0.15, 0.2) is 11.5 Å². The van der Waals surface area contributed by atoms with E-state index in [-0.39, 0.29) is 29.3 Å². The van der Waals surface area contributed by atoms with Crippen LogP contribution in [0, 0.1) is 11.7 Å². The number of hydrogen-bond acceptors (Lipinski definition) is 4. The molecule has 1 aliphatic rings. The van der Waals surface area contributed by atoms with Crippen molar-refractivity contribution in [1.29, 1.82) is 0 Å². The minimum absolute atomic E-state index is 0.0293. The van der Waals surface area contributed by atoms with Gasteiger partial charge in [-0.1, -0.05) is 41.1 Å². The second kappa shape index (κ2) is 8.82. The number of methoxy groups -OCH3 is 2. The van der Waals surface area contributed by atoms with Crippen LogP contribution in [0.2, 0.25) is 0 Å². The molecule has 0 fully saturated rings. The first-order valence-electron chi connectivity index (χ1n) is 10.1. The molecule has 3 aromatic carbocycles. The summed E-state index contributed by atoms with van der Waals surface area (Å²) in [6, 6.07) is 15.4. The number of halogens is 2. The molecular formula is C25H23BrFNO4. The predicted molar refractivity (Wildman–Crippen MR) is 124 cm³/mol. The van der Waals surface area contributed by atoms with Crippen molar-refractivity contribution in [2.24, 2.45) is 5.92 Å². The van der Waals surface area contributed by atoms with Crippen LogP contribution in [-0.4, -0.2) is 25.3 Å². The fraction of sp³-hybridized carbons (Fsp3) is 0.240. The van der Waals surface area contributed by atoms with Gasteiger partial charge in [0.2, 0.25) is 0 Å². The molecule has 3 aromatic rings. The van der Waals surface area contributed by atoms with Gasteiger partial charge >= 0.3 is 5.97 Å². The van der Waals surface area contributed by atoms with E-state index in [2.05, 4.69) is 28.2 Å². The number of carboxylic acid groups (broad SMARTS) is 1. The predicted octanol–water partition coefficient (Wildman–Crippen LogP) is 6.24. The number of ether oxygens (including phenoxy) is 2. The van der Waals surface area contributed by atoms with Gasteiger partial charge in [-0.25, -0.2) is 9.18 Å². The van der Waals surface area contributed by atoms with Crippen molar-refractivity contribution in [3.05, 3.63) is 87.1 Å². The molecule has 0 radical (unpaired) electrons. The molecule has 0 saturated heterocycles. The maximum absolute atomic E-state index is 14.0. The first kappa shape index (κ1) is 22.1. The highest BCUT2D eigenvalue weighted by Gasteiger charge is 2.38. The molecule has 1 aliphatic heterocycles. The summed E-state index contributed by atoms with van der Waals surface area (Å²) in [7, 11) is 3.16. The van der Waals surface area contributed by atoms with Crippen LogP contribution < -0.4 is 14.8 Å². The van der Waals surface area contributed by atoms with Gasteiger partial charge in [-0.3, -0.25) is 0 Å². The Kier molecular flexibility index (Phi) is 6.11. The van der Waals surface area contributed by atoms with E-state index < -0.39 is 5.97 Å². The quantitative estimate of drug-likeness (QED) is 0.434. The molecule has 166 valence electrons. The Morgan fingerprint density at radius 3 is 2.44 bits per heavy atom. The summed E-state index contributed by atoms with van der Waals surface area (Å²) in [4.78, 5) is 12.1. The second-order valence-electron chi connectivity index (χ2n) is 7.85. The molecule has 0 spiro atoms. The number of aromatic carboxylic acids is 1. The SMILES string of the molecule is COc1ccc([C@@H]2c3cc(Br)cc(C(=O)O)c3N[C@H](c3cccc(F)c3)[C@@H]2C)cc1OC. The molecule has 0 unspecified atom stereocenters. The summed E-state index contributed by atoms with van der Waals surface area (Å²) >= 11 is 3.46. The molecule has 0 aromatic heterocycles. The lowest BCUT2D eigenvalue weighted by Crippen LogP contribution is -2.32. The third-order valence-corrected chi connectivity index (χ3v) is 6.48. The van der Waals surface area contributed by atoms with Crippen LogP contribution in [0.3, 0.4) is 0 Å². The minimum atomic E-state index is -1.03. The summed E-state index contributed by atoms with van der Waals surface area (Å²) in [5.74, 6) is -0.366. The van der Waals surface area contributed by atoms with E-state index in [9.17, 15) is 14.3 Å². The van der Waals surface area contributed by atoms with E-state index in [1.165, 1.54) is 12.1 Å². The lowest BCUT2D eigenvalue weighted by molar-refractivity contribution is 0.0697. The fourth-order valence-corrected chi connectivity index (χ4v) is 5.06. The largest absolute Gasteiger partial charge is 0.493 e. The Hall–Kier alpha value is -3.06. The van der Waals surface area contributed by atoms with Gasteiger partial charge < -0.3 is 19.9 Å². The maximum Gasteiger partial charge on any atom is 0.337 e. The van der Waals surface area contributed by atoms with E-state index in [0.29, 0.717) is 21.7 Å². The van der Waals surface area contributed by atoms with Gasteiger partial charge in [0.1, 0.15) is 5.82 Å². The third-order valence-electron chi connectivity index (χ3n) is 6.03. The van der Waals surface area contributed by atoms with E-state index >= 15 is 0 Å². The summed E-state index contributed by atoms with van der Waals surface area (Å²) < 4.78 is 25.6. The van der Waals surface area contributed by atoms with E-state index in [1.807, 2.05) is 30.3 Å². The molecule has 7 heteroatoms. The summed E-state index contributed by atoms with van der Waals surface area (Å²) in [5, 5.41) is 13.3. The molecule has 3 atom stereocenters. The smallest absolute Gasteiger partial charge is 0.337 e. The van der Waals surface area contributed by atoms with Gasteiger partial charge in [-0.05, 0) is 59.0 Å². The van der Waals surface area contributed by atoms with Gasteiger partial charge in [0.05, 0.1) is 31.5 Å². The van der Waals surface area contributed by atoms with Crippen molar-refractivity contribution in [2.75, 3.05) is 19.5 Å². The number of hydrogen-bond donors (Lipinski definition) is 2. The topological polar surface area (TPSA) is 67.8 Å². The number of benzene rings is 3. The number of rotatable bonds is 5. The van der Waals surface area contributed by atoms with Crippen molar-refractivity contribution >= 4 is 27.6 Å². The minimum Gasteiger partial charge on any atom is -0.493 e. The fourth-order valence-electron chi connectivity index (χ4n) is 4.58. The van der Waals surface area contributed by atoms with Crippen molar-refractivity contribution in [2.45, 2.75) is 18.9 Å². The molecule has 1 heterocycles. The highest BCUT2D eigenvalue weighted by Crippen LogP contribution is 2.50. The van der Waals surface area contributed by atoms with Gasteiger partial charge in [0, 0.05) is 10.4 Å². The van der Waals surface area contributed by atoms with Crippen LogP contribution >= 0.6 is 15.9 Å². The highest BCUT2D eigenvalue weighted by molar-refractivity contribution is 9.10. The van der Waals surface area contributed by atoms with Gasteiger partial charge in [0.25, 0.3) is 0 Å². The standard InChI is InChI=1S/C25H23BrFNO4/c1-13-22(14-7-8-20(31-2)21(10-14)32-3)18-11-16(26)12-19(25(29)30)24(18)28-23(13)15-5-4-6-17(27)9-15/h4-13,22-23,28H,1-3H3,(H,29,30)/t13-,22-,23+/m1/s1. The van der Waals surface area contributed by atoms with Gasteiger partial charge in [-0.2, -0.15) is 0 Å². The van der Waals surface area contributed by atoms with Crippen LogP contribution in [0.5, 0.6) is 11.5 Å². The van der Waals surface area contributed by atoms with Crippen LogP contribution in [0.15, 0.2) is 59.1 Å². The van der Waals surface area contributed by atoms with Crippen molar-refractivity contribution in [3.63, 3.8) is 0 Å². The van der Waals surface area contributed by atoms with Crippen molar-refractivity contribution < 1.29 is 23.8 Å². The zero-order chi connectivity index (χ0) is 23.0. The Morgan fingerprint density at radius 1 is 1.03 bits per heavy atom. The zero-order valence-electron chi connectivity index (χ0n) is 17.9. The number of fused-ring (bicyclic) bond motifs is 1. The monoisotopic (exact) mass is 499 g/mol. The molecule has 4 rings (SSSR count). The molecule has 32 heavy (non-hydrogen) atoms. The van der Waals surface area contributed by atoms with Crippen LogP contribution in [-0.2, 0) is 0 Å². The zero-order valence-corrected chi connectivity index (χ0v) is 19.4. The second-order valence-corrected chi connectivity index (χ2v) is 8.77. The lowest BCUT2D eigenvalue weighted by atomic mass is 9.72. The molecular weight excluding hydrogens is 477 g/mol. The summed E-state index contributed by atoms with van der Waals surface area (Å²) in [6.07, 6.45) is 0. The average Bonchev–Trinajstić information content (AvgIpc) is 2.77. The Morgan fingerprint density at radius 2 is 1.78 bits per heavy atom. The molecule has 0 bridgehead atoms. The van der Waals surface area contributed by atoms with E-state index in [4.69, 9.17) is 9.47 Å². The Bertz CT molecular complexity index is 1180. The first-order chi connectivity index (χ1) is 15.3. The number of nitrogens with one attached hydrogen (secondary N) is 1. The van der Waals surface area contributed by atoms with Crippen LogP contribution in [0.1, 0.15) is 45.9 Å². The molecule has 0 saturated carbocycles. The van der Waals surface area contributed by atoms with Crippen LogP contribution in [0.25, 0.3) is 0 Å². The van der Waals surface area contributed by atoms with E-state index in [1.54, 1.807) is 26.4 Å². The highest BCUT2D eigenvalue weighted by atomic mass is 79.9.